The lowest BCUT2D eigenvalue weighted by Gasteiger charge is -2.28. The van der Waals surface area contributed by atoms with Crippen molar-refractivity contribution in [2.75, 3.05) is 39.5 Å². The average Bonchev–Trinajstić information content (AvgIpc) is 3.15. The molecule has 1 aliphatic rings. The Labute approximate surface area is 324 Å². The molecule has 0 unspecified atom stereocenters. The van der Waals surface area contributed by atoms with Crippen LogP contribution in [0.2, 0.25) is 0 Å². The number of hydrogen-bond acceptors (Lipinski definition) is 8. The molecular weight excluding hydrogens is 694 g/mol. The van der Waals surface area contributed by atoms with Crippen molar-refractivity contribution in [3.63, 3.8) is 0 Å². The Hall–Kier alpha value is -3.06. The fourth-order valence-electron chi connectivity index (χ4n) is 6.69. The van der Waals surface area contributed by atoms with Gasteiger partial charge in [-0.05, 0) is 50.9 Å². The molecule has 5 N–H and O–H groups in total. The fraction of sp³-hybridized carbons (Fsp3) is 0.854. The van der Waals surface area contributed by atoms with Gasteiger partial charge in [-0.3, -0.25) is 24.0 Å². The van der Waals surface area contributed by atoms with Crippen LogP contribution in [-0.2, 0) is 38.2 Å². The molecular formula is C41H73N3O10. The molecule has 3 amide bonds. The number of unbranched alkanes of at least 4 members (excludes halogenated alkanes) is 15. The van der Waals surface area contributed by atoms with Crippen molar-refractivity contribution in [1.82, 2.24) is 16.0 Å². The molecule has 1 aliphatic carbocycles. The number of hydrogen-bond donors (Lipinski definition) is 5. The van der Waals surface area contributed by atoms with Crippen LogP contribution in [0.15, 0.2) is 0 Å². The first kappa shape index (κ1) is 49.0. The molecule has 13 heteroatoms. The minimum absolute atomic E-state index is 0.0161. The van der Waals surface area contributed by atoms with Gasteiger partial charge in [0.15, 0.2) is 5.78 Å². The zero-order chi connectivity index (χ0) is 39.7. The summed E-state index contributed by atoms with van der Waals surface area (Å²) < 4.78 is 10.5. The summed E-state index contributed by atoms with van der Waals surface area (Å²) in [6.07, 6.45) is 23.0. The van der Waals surface area contributed by atoms with Crippen LogP contribution in [0.4, 0.5) is 0 Å². The van der Waals surface area contributed by atoms with Crippen molar-refractivity contribution >= 4 is 35.4 Å². The van der Waals surface area contributed by atoms with Crippen LogP contribution in [0, 0.1) is 11.8 Å². The van der Waals surface area contributed by atoms with Crippen LogP contribution in [0.1, 0.15) is 167 Å². The normalized spacial score (nSPS) is 16.0. The van der Waals surface area contributed by atoms with Crippen LogP contribution >= 0.6 is 0 Å². The third-order valence-corrected chi connectivity index (χ3v) is 10.2. The predicted molar refractivity (Wildman–Crippen MR) is 208 cm³/mol. The third kappa shape index (κ3) is 28.4. The van der Waals surface area contributed by atoms with Gasteiger partial charge in [0.1, 0.15) is 12.6 Å². The van der Waals surface area contributed by atoms with Gasteiger partial charge in [0.2, 0.25) is 17.7 Å². The molecule has 0 aliphatic heterocycles. The monoisotopic (exact) mass is 768 g/mol. The summed E-state index contributed by atoms with van der Waals surface area (Å²) in [6.45, 7) is 3.53. The van der Waals surface area contributed by atoms with E-state index < -0.39 is 18.0 Å². The van der Waals surface area contributed by atoms with Crippen molar-refractivity contribution in [3.05, 3.63) is 0 Å². The second-order valence-corrected chi connectivity index (χ2v) is 14.9. The molecule has 0 spiro atoms. The summed E-state index contributed by atoms with van der Waals surface area (Å²) in [5.41, 5.74) is 0. The van der Waals surface area contributed by atoms with Gasteiger partial charge in [-0.1, -0.05) is 96.8 Å². The molecule has 0 aromatic carbocycles. The van der Waals surface area contributed by atoms with Crippen LogP contribution in [0.25, 0.3) is 0 Å². The highest BCUT2D eigenvalue weighted by Gasteiger charge is 2.29. The minimum Gasteiger partial charge on any atom is -0.481 e. The van der Waals surface area contributed by atoms with Crippen molar-refractivity contribution < 1.29 is 48.5 Å². The van der Waals surface area contributed by atoms with E-state index in [0.29, 0.717) is 51.2 Å². The fourth-order valence-corrected chi connectivity index (χ4v) is 6.69. The molecule has 0 saturated heterocycles. The molecule has 1 rings (SSSR count). The molecule has 13 nitrogen and oxygen atoms in total. The summed E-state index contributed by atoms with van der Waals surface area (Å²) >= 11 is 0. The first-order chi connectivity index (χ1) is 26.1. The summed E-state index contributed by atoms with van der Waals surface area (Å²) in [5, 5.41) is 26.6. The number of amides is 3. The summed E-state index contributed by atoms with van der Waals surface area (Å²) in [7, 11) is 0. The second-order valence-electron chi connectivity index (χ2n) is 14.9. The van der Waals surface area contributed by atoms with Crippen molar-refractivity contribution in [1.29, 1.82) is 0 Å². The molecule has 0 heterocycles. The molecule has 0 aromatic rings. The zero-order valence-electron chi connectivity index (χ0n) is 33.3. The molecule has 1 atom stereocenters. The number of carboxylic acids is 2. The number of ketones is 1. The van der Waals surface area contributed by atoms with E-state index in [-0.39, 0.29) is 68.6 Å². The molecule has 312 valence electrons. The lowest BCUT2D eigenvalue weighted by Crippen LogP contribution is -2.45. The molecule has 0 bridgehead atoms. The average molecular weight is 768 g/mol. The number of nitrogens with one attached hydrogen (secondary N) is 3. The molecule has 0 radical (unpaired) electrons. The standard InChI is InChI=1S/C41H73N3O10/c1-2-35(45)32-54-30-29-53-28-27-42-38(47)26-25-36(41(51)52)44-40(50)34-23-21-33(22-24-34)31-43-37(46)19-17-15-13-11-9-7-5-3-4-6-8-10-12-14-16-18-20-39(48)49/h33-34,36H,2-32H2,1H3,(H,42,47)(H,43,46)(H,44,50)(H,48,49)(H,51,52)/t33?,34?,36-/m0/s1. The maximum Gasteiger partial charge on any atom is 0.326 e. The van der Waals surface area contributed by atoms with Crippen molar-refractivity contribution in [2.45, 2.75) is 173 Å². The van der Waals surface area contributed by atoms with Crippen molar-refractivity contribution in [3.8, 4) is 0 Å². The molecule has 1 fully saturated rings. The zero-order valence-corrected chi connectivity index (χ0v) is 33.3. The lowest BCUT2D eigenvalue weighted by molar-refractivity contribution is -0.143. The predicted octanol–water partition coefficient (Wildman–Crippen LogP) is 6.49. The first-order valence-corrected chi connectivity index (χ1v) is 21.1. The van der Waals surface area contributed by atoms with E-state index in [2.05, 4.69) is 16.0 Å². The van der Waals surface area contributed by atoms with Gasteiger partial charge in [-0.25, -0.2) is 4.79 Å². The van der Waals surface area contributed by atoms with Crippen LogP contribution in [0.3, 0.4) is 0 Å². The van der Waals surface area contributed by atoms with Gasteiger partial charge >= 0.3 is 11.9 Å². The van der Waals surface area contributed by atoms with Gasteiger partial charge in [0, 0.05) is 44.7 Å². The molecule has 54 heavy (non-hydrogen) atoms. The number of ether oxygens (including phenoxy) is 2. The highest BCUT2D eigenvalue weighted by molar-refractivity contribution is 5.85. The van der Waals surface area contributed by atoms with E-state index in [1.54, 1.807) is 6.92 Å². The smallest absolute Gasteiger partial charge is 0.326 e. The Morgan fingerprint density at radius 3 is 1.63 bits per heavy atom. The third-order valence-electron chi connectivity index (χ3n) is 10.2. The van der Waals surface area contributed by atoms with E-state index in [1.165, 1.54) is 70.6 Å². The van der Waals surface area contributed by atoms with Gasteiger partial charge in [-0.2, -0.15) is 0 Å². The van der Waals surface area contributed by atoms with E-state index in [1.807, 2.05) is 0 Å². The lowest BCUT2D eigenvalue weighted by atomic mass is 9.81. The number of carbonyl (C=O) groups is 6. The highest BCUT2D eigenvalue weighted by atomic mass is 16.5. The minimum atomic E-state index is -1.17. The Morgan fingerprint density at radius 1 is 0.611 bits per heavy atom. The van der Waals surface area contributed by atoms with E-state index >= 15 is 0 Å². The van der Waals surface area contributed by atoms with Crippen LogP contribution in [-0.4, -0.2) is 91.2 Å². The van der Waals surface area contributed by atoms with Gasteiger partial charge in [0.05, 0.1) is 19.8 Å². The Balaban J connectivity index is 2.01. The largest absolute Gasteiger partial charge is 0.481 e. The maximum atomic E-state index is 12.9. The highest BCUT2D eigenvalue weighted by Crippen LogP contribution is 2.29. The van der Waals surface area contributed by atoms with Crippen molar-refractivity contribution in [2.24, 2.45) is 11.8 Å². The number of Topliss-reactive ketones (excluding diaryl/α,β-unsaturated/α-hetero) is 1. The Bertz CT molecular complexity index is 1050. The number of carbonyl (C=O) groups excluding carboxylic acids is 4. The maximum absolute atomic E-state index is 12.9. The van der Waals surface area contributed by atoms with Gasteiger partial charge < -0.3 is 35.6 Å². The van der Waals surface area contributed by atoms with Crippen LogP contribution < -0.4 is 16.0 Å². The number of aliphatic carboxylic acids is 2. The SMILES string of the molecule is CCC(=O)COCCOCCNC(=O)CC[C@H](NC(=O)C1CCC(CNC(=O)CCCCCCCCCCCCCCCCCCC(=O)O)CC1)C(=O)O. The topological polar surface area (TPSA) is 197 Å². The molecule has 1 saturated carbocycles. The van der Waals surface area contributed by atoms with Gasteiger partial charge in [0.25, 0.3) is 0 Å². The van der Waals surface area contributed by atoms with E-state index in [9.17, 15) is 33.9 Å². The summed E-state index contributed by atoms with van der Waals surface area (Å²) in [5.74, 6) is -2.36. The second kappa shape index (κ2) is 33.3. The first-order valence-electron chi connectivity index (χ1n) is 21.1. The van der Waals surface area contributed by atoms with E-state index in [0.717, 1.165) is 44.9 Å². The summed E-state index contributed by atoms with van der Waals surface area (Å²) in [4.78, 5) is 70.9. The van der Waals surface area contributed by atoms with Crippen LogP contribution in [0.5, 0.6) is 0 Å². The number of rotatable bonds is 36. The summed E-state index contributed by atoms with van der Waals surface area (Å²) in [6, 6.07) is -1.15. The Morgan fingerprint density at radius 2 is 1.11 bits per heavy atom. The molecule has 0 aromatic heterocycles. The number of carboxylic acid groups (broad SMARTS) is 2. The van der Waals surface area contributed by atoms with E-state index in [4.69, 9.17) is 14.6 Å². The van der Waals surface area contributed by atoms with Gasteiger partial charge in [-0.15, -0.1) is 0 Å². The quantitative estimate of drug-likeness (QED) is 0.0439. The Kier molecular flexibility index (Phi) is 30.2.